The van der Waals surface area contributed by atoms with E-state index in [0.29, 0.717) is 11.7 Å². The molecule has 5 nitrogen and oxygen atoms in total. The van der Waals surface area contributed by atoms with Crippen LogP contribution < -0.4 is 0 Å². The van der Waals surface area contributed by atoms with Crippen LogP contribution in [0.2, 0.25) is 0 Å². The molecule has 1 aromatic heterocycles. The van der Waals surface area contributed by atoms with Crippen LogP contribution in [0.3, 0.4) is 0 Å². The maximum absolute atomic E-state index is 9.84. The molecular formula is C25H28N2O3. The molecule has 2 atom stereocenters. The molecule has 1 heterocycles. The Morgan fingerprint density at radius 2 is 1.70 bits per heavy atom. The highest BCUT2D eigenvalue weighted by Gasteiger charge is 2.28. The minimum absolute atomic E-state index is 0.0744. The topological polar surface area (TPSA) is 78.5 Å². The number of hydrogen-bond donors (Lipinski definition) is 3. The fraction of sp³-hybridized carbons (Fsp3) is 0.320. The smallest absolute Gasteiger partial charge is 0.137 e. The van der Waals surface area contributed by atoms with Gasteiger partial charge in [-0.1, -0.05) is 60.7 Å². The lowest BCUT2D eigenvalue weighted by Gasteiger charge is -2.31. The molecular weight excluding hydrogens is 376 g/mol. The number of nitrogens with zero attached hydrogens (tertiary/aromatic N) is 2. The lowest BCUT2D eigenvalue weighted by atomic mass is 9.77. The van der Waals surface area contributed by atoms with E-state index in [0.717, 1.165) is 24.0 Å². The van der Waals surface area contributed by atoms with Crippen molar-refractivity contribution in [2.45, 2.75) is 43.9 Å². The predicted molar refractivity (Wildman–Crippen MR) is 118 cm³/mol. The van der Waals surface area contributed by atoms with Gasteiger partial charge in [0.05, 0.1) is 18.8 Å². The third-order valence-corrected chi connectivity index (χ3v) is 5.87. The summed E-state index contributed by atoms with van der Waals surface area (Å²) in [7, 11) is 0. The summed E-state index contributed by atoms with van der Waals surface area (Å²) in [6.45, 7) is 1.59. The van der Waals surface area contributed by atoms with Crippen molar-refractivity contribution in [1.29, 1.82) is 0 Å². The van der Waals surface area contributed by atoms with Gasteiger partial charge in [-0.3, -0.25) is 0 Å². The highest BCUT2D eigenvalue weighted by molar-refractivity contribution is 5.66. The van der Waals surface area contributed by atoms with Gasteiger partial charge in [0.1, 0.15) is 11.9 Å². The summed E-state index contributed by atoms with van der Waals surface area (Å²) >= 11 is 0. The zero-order chi connectivity index (χ0) is 21.1. The first-order valence-corrected chi connectivity index (χ1v) is 10.4. The second-order valence-corrected chi connectivity index (χ2v) is 8.04. The first kappa shape index (κ1) is 20.5. The number of benzene rings is 2. The van der Waals surface area contributed by atoms with Gasteiger partial charge in [0.2, 0.25) is 0 Å². The van der Waals surface area contributed by atoms with Gasteiger partial charge in [0, 0.05) is 12.4 Å². The van der Waals surface area contributed by atoms with Gasteiger partial charge in [0.25, 0.3) is 0 Å². The summed E-state index contributed by atoms with van der Waals surface area (Å²) in [5, 5.41) is 29.1. The van der Waals surface area contributed by atoms with Gasteiger partial charge in [0.15, 0.2) is 0 Å². The fourth-order valence-electron chi connectivity index (χ4n) is 3.99. The molecule has 1 aliphatic carbocycles. The summed E-state index contributed by atoms with van der Waals surface area (Å²) in [6, 6.07) is 16.6. The number of aliphatic hydroxyl groups excluding tert-OH is 3. The quantitative estimate of drug-likeness (QED) is 0.554. The van der Waals surface area contributed by atoms with Crippen LogP contribution in [-0.2, 0) is 0 Å². The van der Waals surface area contributed by atoms with Gasteiger partial charge in [-0.05, 0) is 47.9 Å². The zero-order valence-corrected chi connectivity index (χ0v) is 17.1. The van der Waals surface area contributed by atoms with Gasteiger partial charge in [-0.2, -0.15) is 0 Å². The number of imidazole rings is 1. The van der Waals surface area contributed by atoms with Crippen LogP contribution in [0.5, 0.6) is 0 Å². The van der Waals surface area contributed by atoms with E-state index in [1.54, 1.807) is 23.9 Å². The number of rotatable bonds is 7. The van der Waals surface area contributed by atoms with Gasteiger partial charge < -0.3 is 19.9 Å². The van der Waals surface area contributed by atoms with Gasteiger partial charge >= 0.3 is 0 Å². The molecule has 3 N–H and O–H groups in total. The molecule has 1 fully saturated rings. The Labute approximate surface area is 177 Å². The molecule has 5 heteroatoms. The number of hydrogen-bond acceptors (Lipinski definition) is 4. The van der Waals surface area contributed by atoms with E-state index in [1.165, 1.54) is 11.1 Å². The zero-order valence-electron chi connectivity index (χ0n) is 17.1. The highest BCUT2D eigenvalue weighted by atomic mass is 16.3. The van der Waals surface area contributed by atoms with E-state index < -0.39 is 6.10 Å². The van der Waals surface area contributed by atoms with E-state index in [4.69, 9.17) is 0 Å². The molecule has 0 amide bonds. The fourth-order valence-corrected chi connectivity index (χ4v) is 3.99. The summed E-state index contributed by atoms with van der Waals surface area (Å²) < 4.78 is 1.79. The molecule has 30 heavy (non-hydrogen) atoms. The Hall–Kier alpha value is -2.73. The van der Waals surface area contributed by atoms with Crippen molar-refractivity contribution in [3.63, 3.8) is 0 Å². The molecule has 156 valence electrons. The third kappa shape index (κ3) is 4.38. The van der Waals surface area contributed by atoms with Crippen molar-refractivity contribution in [3.8, 4) is 11.1 Å². The number of aromatic nitrogens is 2. The Bertz CT molecular complexity index is 984. The Morgan fingerprint density at radius 1 is 1.07 bits per heavy atom. The molecule has 2 aromatic carbocycles. The maximum Gasteiger partial charge on any atom is 0.137 e. The molecule has 0 bridgehead atoms. The molecule has 1 unspecified atom stereocenters. The van der Waals surface area contributed by atoms with Crippen molar-refractivity contribution in [2.75, 3.05) is 6.61 Å². The van der Waals surface area contributed by atoms with Crippen molar-refractivity contribution in [2.24, 2.45) is 0 Å². The van der Waals surface area contributed by atoms with E-state index in [2.05, 4.69) is 53.5 Å². The van der Waals surface area contributed by atoms with E-state index in [-0.39, 0.29) is 18.8 Å². The van der Waals surface area contributed by atoms with Crippen LogP contribution in [-0.4, -0.2) is 37.6 Å². The molecule has 4 rings (SSSR count). The van der Waals surface area contributed by atoms with E-state index in [9.17, 15) is 15.3 Å². The summed E-state index contributed by atoms with van der Waals surface area (Å²) in [6.07, 6.45) is 8.21. The molecule has 1 aliphatic rings. The standard InChI is InChI=1S/C25H28N2O3/c1-17(29)25-26-12-13-27(25)23(16-28)11-4-18-2-5-19(6-3-18)20-7-9-21(10-8-20)22-14-24(30)15-22/h2-13,17,22-24,28-30H,14-16H2,1H3/b11-4+/t17-,22?,23?,24?/m0/s1. The van der Waals surface area contributed by atoms with E-state index in [1.807, 2.05) is 12.2 Å². The highest BCUT2D eigenvalue weighted by Crippen LogP contribution is 2.37. The number of aliphatic hydroxyl groups is 3. The second kappa shape index (κ2) is 8.96. The summed E-state index contributed by atoms with van der Waals surface area (Å²) in [5.41, 5.74) is 4.66. The first-order valence-electron chi connectivity index (χ1n) is 10.4. The van der Waals surface area contributed by atoms with Crippen LogP contribution >= 0.6 is 0 Å². The SMILES string of the molecule is C[C@H](O)c1nccn1C(/C=C/c1ccc(-c2ccc(C3CC(O)C3)cc2)cc1)CO. The third-order valence-electron chi connectivity index (χ3n) is 5.87. The molecule has 0 spiro atoms. The van der Waals surface area contributed by atoms with Crippen molar-refractivity contribution in [3.05, 3.63) is 84.0 Å². The van der Waals surface area contributed by atoms with E-state index >= 15 is 0 Å². The summed E-state index contributed by atoms with van der Waals surface area (Å²) in [4.78, 5) is 4.17. The monoisotopic (exact) mass is 404 g/mol. The van der Waals surface area contributed by atoms with Crippen LogP contribution in [0.4, 0.5) is 0 Å². The molecule has 3 aromatic rings. The average Bonchev–Trinajstić information content (AvgIpc) is 3.23. The minimum Gasteiger partial charge on any atom is -0.394 e. The van der Waals surface area contributed by atoms with Crippen LogP contribution in [0.15, 0.2) is 67.0 Å². The Morgan fingerprint density at radius 3 is 2.27 bits per heavy atom. The van der Waals surface area contributed by atoms with Crippen molar-refractivity contribution >= 4 is 6.08 Å². The first-order chi connectivity index (χ1) is 14.5. The molecule has 0 aliphatic heterocycles. The predicted octanol–water partition coefficient (Wildman–Crippen LogP) is 4.09. The maximum atomic E-state index is 9.84. The lowest BCUT2D eigenvalue weighted by Crippen LogP contribution is -2.26. The van der Waals surface area contributed by atoms with Crippen LogP contribution in [0.25, 0.3) is 17.2 Å². The second-order valence-electron chi connectivity index (χ2n) is 8.04. The minimum atomic E-state index is -0.692. The Kier molecular flexibility index (Phi) is 6.13. The average molecular weight is 405 g/mol. The molecule has 1 saturated carbocycles. The molecule has 0 saturated heterocycles. The van der Waals surface area contributed by atoms with Crippen molar-refractivity contribution in [1.82, 2.24) is 9.55 Å². The van der Waals surface area contributed by atoms with Crippen LogP contribution in [0, 0.1) is 0 Å². The van der Waals surface area contributed by atoms with Gasteiger partial charge in [-0.25, -0.2) is 4.98 Å². The van der Waals surface area contributed by atoms with Crippen molar-refractivity contribution < 1.29 is 15.3 Å². The summed E-state index contributed by atoms with van der Waals surface area (Å²) in [5.74, 6) is 1.03. The lowest BCUT2D eigenvalue weighted by molar-refractivity contribution is 0.0746. The normalized spacial score (nSPS) is 20.8. The largest absolute Gasteiger partial charge is 0.394 e. The van der Waals surface area contributed by atoms with Gasteiger partial charge in [-0.15, -0.1) is 0 Å². The van der Waals surface area contributed by atoms with Crippen LogP contribution in [0.1, 0.15) is 54.8 Å². The molecule has 0 radical (unpaired) electrons. The Balaban J connectivity index is 1.44.